The van der Waals surface area contributed by atoms with Crippen LogP contribution in [0.1, 0.15) is 25.3 Å². The van der Waals surface area contributed by atoms with Gasteiger partial charge in [-0.25, -0.2) is 0 Å². The van der Waals surface area contributed by atoms with Gasteiger partial charge < -0.3 is 19.7 Å². The molecule has 2 rings (SSSR count). The maximum Gasteiger partial charge on any atom is 0.245 e. The fourth-order valence-electron chi connectivity index (χ4n) is 2.89. The number of benzene rings is 1. The van der Waals surface area contributed by atoms with Crippen LogP contribution in [0.25, 0.3) is 0 Å². The lowest BCUT2D eigenvalue weighted by Crippen LogP contribution is -2.54. The molecule has 1 N–H and O–H groups in total. The molecule has 7 heteroatoms. The van der Waals surface area contributed by atoms with Crippen molar-refractivity contribution in [3.05, 3.63) is 28.2 Å². The molecule has 0 spiro atoms. The lowest BCUT2D eigenvalue weighted by Gasteiger charge is -2.34. The number of rotatable bonds is 7. The largest absolute Gasteiger partial charge is 0.496 e. The zero-order valence-electron chi connectivity index (χ0n) is 14.2. The van der Waals surface area contributed by atoms with Gasteiger partial charge in [0.25, 0.3) is 0 Å². The number of amides is 2. The van der Waals surface area contributed by atoms with Crippen molar-refractivity contribution in [2.24, 2.45) is 0 Å². The first kappa shape index (κ1) is 18.7. The lowest BCUT2D eigenvalue weighted by atomic mass is 9.97. The molecule has 1 atom stereocenters. The summed E-state index contributed by atoms with van der Waals surface area (Å²) in [5.74, 6) is 0.515. The number of carbonyl (C=O) groups excluding carboxylic acids is 2. The van der Waals surface area contributed by atoms with E-state index in [1.165, 1.54) is 0 Å². The summed E-state index contributed by atoms with van der Waals surface area (Å²) in [6.07, 6.45) is 0.867. The molecule has 0 saturated carbocycles. The molecule has 0 aromatic heterocycles. The molecule has 1 aliphatic heterocycles. The number of carbonyl (C=O) groups is 2. The van der Waals surface area contributed by atoms with Crippen molar-refractivity contribution in [3.8, 4) is 5.75 Å². The minimum atomic E-state index is -0.863. The van der Waals surface area contributed by atoms with E-state index in [2.05, 4.69) is 21.2 Å². The molecule has 1 aliphatic rings. The van der Waals surface area contributed by atoms with Crippen molar-refractivity contribution in [2.75, 3.05) is 27.4 Å². The molecule has 1 aromatic rings. The van der Waals surface area contributed by atoms with E-state index < -0.39 is 5.54 Å². The summed E-state index contributed by atoms with van der Waals surface area (Å²) in [4.78, 5) is 26.6. The SMILES string of the molecule is COCCNC(=O)[C@@]1(C)CCC(=O)N1Cc1cc(Br)ccc1OC. The van der Waals surface area contributed by atoms with Gasteiger partial charge in [-0.05, 0) is 31.5 Å². The van der Waals surface area contributed by atoms with Crippen LogP contribution in [0, 0.1) is 0 Å². The number of methoxy groups -OCH3 is 2. The highest BCUT2D eigenvalue weighted by Gasteiger charge is 2.47. The molecule has 24 heavy (non-hydrogen) atoms. The maximum absolute atomic E-state index is 12.6. The van der Waals surface area contributed by atoms with E-state index in [4.69, 9.17) is 9.47 Å². The highest BCUT2D eigenvalue weighted by molar-refractivity contribution is 9.10. The Morgan fingerprint density at radius 3 is 2.83 bits per heavy atom. The molecule has 1 fully saturated rings. The fraction of sp³-hybridized carbons (Fsp3) is 0.529. The summed E-state index contributed by atoms with van der Waals surface area (Å²) in [7, 11) is 3.17. The monoisotopic (exact) mass is 398 g/mol. The van der Waals surface area contributed by atoms with Crippen LogP contribution in [0.3, 0.4) is 0 Å². The second-order valence-electron chi connectivity index (χ2n) is 5.96. The third-order valence-corrected chi connectivity index (χ3v) is 4.87. The van der Waals surface area contributed by atoms with Crippen molar-refractivity contribution in [3.63, 3.8) is 0 Å². The Kier molecular flexibility index (Phi) is 6.23. The van der Waals surface area contributed by atoms with Gasteiger partial charge in [-0.15, -0.1) is 0 Å². The second kappa shape index (κ2) is 7.98. The topological polar surface area (TPSA) is 67.9 Å². The van der Waals surface area contributed by atoms with Gasteiger partial charge in [0, 0.05) is 30.1 Å². The first-order chi connectivity index (χ1) is 11.4. The highest BCUT2D eigenvalue weighted by Crippen LogP contribution is 2.34. The van der Waals surface area contributed by atoms with Crippen LogP contribution in [0.5, 0.6) is 5.75 Å². The van der Waals surface area contributed by atoms with Gasteiger partial charge in [0.2, 0.25) is 11.8 Å². The Morgan fingerprint density at radius 2 is 2.17 bits per heavy atom. The van der Waals surface area contributed by atoms with Gasteiger partial charge in [-0.2, -0.15) is 0 Å². The molecule has 6 nitrogen and oxygen atoms in total. The average molecular weight is 399 g/mol. The molecule has 132 valence electrons. The number of hydrogen-bond acceptors (Lipinski definition) is 4. The lowest BCUT2D eigenvalue weighted by molar-refractivity contribution is -0.141. The summed E-state index contributed by atoms with van der Waals surface area (Å²) < 4.78 is 11.2. The minimum Gasteiger partial charge on any atom is -0.496 e. The smallest absolute Gasteiger partial charge is 0.245 e. The van der Waals surface area contributed by atoms with E-state index in [-0.39, 0.29) is 11.8 Å². The number of ether oxygens (including phenoxy) is 2. The van der Waals surface area contributed by atoms with E-state index in [9.17, 15) is 9.59 Å². The maximum atomic E-state index is 12.6. The third-order valence-electron chi connectivity index (χ3n) is 4.37. The van der Waals surface area contributed by atoms with E-state index >= 15 is 0 Å². The van der Waals surface area contributed by atoms with E-state index in [1.807, 2.05) is 25.1 Å². The van der Waals surface area contributed by atoms with E-state index in [0.717, 1.165) is 10.0 Å². The number of halogens is 1. The predicted molar refractivity (Wildman–Crippen MR) is 93.8 cm³/mol. The fourth-order valence-corrected chi connectivity index (χ4v) is 3.30. The normalized spacial score (nSPS) is 20.3. The van der Waals surface area contributed by atoms with Crippen molar-refractivity contribution in [1.29, 1.82) is 0 Å². The van der Waals surface area contributed by atoms with E-state index in [0.29, 0.717) is 38.3 Å². The summed E-state index contributed by atoms with van der Waals surface area (Å²) in [6.45, 7) is 3.00. The van der Waals surface area contributed by atoms with Gasteiger partial charge in [-0.3, -0.25) is 9.59 Å². The highest BCUT2D eigenvalue weighted by atomic mass is 79.9. The Labute approximate surface area is 150 Å². The standard InChI is InChI=1S/C17H23BrN2O4/c1-17(16(22)19-8-9-23-2)7-6-15(21)20(17)11-12-10-13(18)4-5-14(12)24-3/h4-5,10H,6-9,11H2,1-3H3,(H,19,22)/t17-/m1/s1. The average Bonchev–Trinajstić information content (AvgIpc) is 2.85. The summed E-state index contributed by atoms with van der Waals surface area (Å²) in [6, 6.07) is 5.63. The Hall–Kier alpha value is -1.60. The number of hydrogen-bond donors (Lipinski definition) is 1. The quantitative estimate of drug-likeness (QED) is 0.714. The van der Waals surface area contributed by atoms with Gasteiger partial charge in [0.05, 0.1) is 20.3 Å². The zero-order valence-corrected chi connectivity index (χ0v) is 15.8. The number of nitrogens with zero attached hydrogens (tertiary/aromatic N) is 1. The van der Waals surface area contributed by atoms with Crippen molar-refractivity contribution in [2.45, 2.75) is 31.8 Å². The Morgan fingerprint density at radius 1 is 1.42 bits per heavy atom. The predicted octanol–water partition coefficient (Wildman–Crippen LogP) is 2.10. The third kappa shape index (κ3) is 3.89. The second-order valence-corrected chi connectivity index (χ2v) is 6.87. The molecule has 1 saturated heterocycles. The number of likely N-dealkylation sites (tertiary alicyclic amines) is 1. The molecule has 0 bridgehead atoms. The molecule has 1 aromatic carbocycles. The molecule has 2 amide bonds. The first-order valence-corrected chi connectivity index (χ1v) is 8.62. The molecular formula is C17H23BrN2O4. The summed E-state index contributed by atoms with van der Waals surface area (Å²) in [5, 5.41) is 2.84. The molecule has 1 heterocycles. The summed E-state index contributed by atoms with van der Waals surface area (Å²) in [5.41, 5.74) is -0.00364. The molecule has 0 radical (unpaired) electrons. The van der Waals surface area contributed by atoms with Crippen LogP contribution >= 0.6 is 15.9 Å². The Bertz CT molecular complexity index is 623. The zero-order chi connectivity index (χ0) is 17.7. The molecule has 0 aliphatic carbocycles. The van der Waals surface area contributed by atoms with Gasteiger partial charge >= 0.3 is 0 Å². The minimum absolute atomic E-state index is 0.0265. The van der Waals surface area contributed by atoms with Crippen LogP contribution in [0.15, 0.2) is 22.7 Å². The first-order valence-electron chi connectivity index (χ1n) is 7.82. The van der Waals surface area contributed by atoms with Gasteiger partial charge in [0.15, 0.2) is 0 Å². The Balaban J connectivity index is 2.21. The van der Waals surface area contributed by atoms with Crippen LogP contribution < -0.4 is 10.1 Å². The van der Waals surface area contributed by atoms with E-state index in [1.54, 1.807) is 19.1 Å². The summed E-state index contributed by atoms with van der Waals surface area (Å²) >= 11 is 3.44. The van der Waals surface area contributed by atoms with Crippen LogP contribution in [-0.4, -0.2) is 49.6 Å². The van der Waals surface area contributed by atoms with Crippen LogP contribution in [0.4, 0.5) is 0 Å². The van der Waals surface area contributed by atoms with Gasteiger partial charge in [-0.1, -0.05) is 15.9 Å². The number of nitrogens with one attached hydrogen (secondary N) is 1. The van der Waals surface area contributed by atoms with Crippen LogP contribution in [0.2, 0.25) is 0 Å². The van der Waals surface area contributed by atoms with Crippen LogP contribution in [-0.2, 0) is 20.9 Å². The molecular weight excluding hydrogens is 376 g/mol. The van der Waals surface area contributed by atoms with Gasteiger partial charge in [0.1, 0.15) is 11.3 Å². The van der Waals surface area contributed by atoms with Crippen molar-refractivity contribution in [1.82, 2.24) is 10.2 Å². The van der Waals surface area contributed by atoms with Crippen molar-refractivity contribution >= 4 is 27.7 Å². The molecule has 0 unspecified atom stereocenters. The van der Waals surface area contributed by atoms with Crippen molar-refractivity contribution < 1.29 is 19.1 Å².